The van der Waals surface area contributed by atoms with Gasteiger partial charge in [0, 0.05) is 27.2 Å². The molecule has 1 nitrogen and oxygen atoms in total. The van der Waals surface area contributed by atoms with Crippen molar-refractivity contribution in [3.63, 3.8) is 0 Å². The predicted octanol–water partition coefficient (Wildman–Crippen LogP) is 12.7. The molecule has 1 heterocycles. The summed E-state index contributed by atoms with van der Waals surface area (Å²) in [5, 5.41) is 10.3. The zero-order valence-corrected chi connectivity index (χ0v) is 25.7. The first-order valence-electron chi connectivity index (χ1n) is 16.3. The van der Waals surface area contributed by atoms with Crippen LogP contribution < -0.4 is 0 Å². The highest BCUT2D eigenvalue weighted by Gasteiger charge is 2.25. The molecule has 10 aromatic rings. The Bertz CT molecular complexity index is 2680. The third-order valence-electron chi connectivity index (χ3n) is 9.93. The Labute approximate surface area is 272 Å². The van der Waals surface area contributed by atoms with Gasteiger partial charge in [-0.2, -0.15) is 0 Å². The van der Waals surface area contributed by atoms with Crippen molar-refractivity contribution < 1.29 is 0 Å². The number of hydrogen-bond donors (Lipinski definition) is 0. The average molecular weight is 596 g/mol. The molecular weight excluding hydrogens is 567 g/mol. The normalized spacial score (nSPS) is 11.8. The van der Waals surface area contributed by atoms with E-state index in [0.29, 0.717) is 0 Å². The second kappa shape index (κ2) is 10.2. The van der Waals surface area contributed by atoms with Crippen LogP contribution in [0.5, 0.6) is 0 Å². The van der Waals surface area contributed by atoms with Crippen LogP contribution in [0.1, 0.15) is 0 Å². The molecule has 0 fully saturated rings. The summed E-state index contributed by atoms with van der Waals surface area (Å²) < 4.78 is 2.49. The van der Waals surface area contributed by atoms with Crippen LogP contribution in [-0.2, 0) is 0 Å². The molecule has 1 heteroatoms. The average Bonchev–Trinajstić information content (AvgIpc) is 3.50. The lowest BCUT2D eigenvalue weighted by molar-refractivity contribution is 1.19. The van der Waals surface area contributed by atoms with Crippen LogP contribution in [-0.4, -0.2) is 4.57 Å². The highest BCUT2D eigenvalue weighted by molar-refractivity contribution is 6.38. The maximum Gasteiger partial charge on any atom is 0.0626 e. The summed E-state index contributed by atoms with van der Waals surface area (Å²) in [4.78, 5) is 0. The first kappa shape index (κ1) is 26.1. The summed E-state index contributed by atoms with van der Waals surface area (Å²) in [5.74, 6) is 0. The third-order valence-corrected chi connectivity index (χ3v) is 9.93. The molecule has 0 saturated heterocycles. The molecule has 218 valence electrons. The minimum atomic E-state index is 1.17. The molecule has 10 rings (SSSR count). The summed E-state index contributed by atoms with van der Waals surface area (Å²) in [5.41, 5.74) is 11.2. The smallest absolute Gasteiger partial charge is 0.0626 e. The van der Waals surface area contributed by atoms with Crippen molar-refractivity contribution in [2.75, 3.05) is 0 Å². The molecule has 0 aliphatic carbocycles. The molecule has 0 radical (unpaired) electrons. The fourth-order valence-electron chi connectivity index (χ4n) is 8.00. The van der Waals surface area contributed by atoms with Crippen LogP contribution >= 0.6 is 0 Å². The monoisotopic (exact) mass is 595 g/mol. The lowest BCUT2D eigenvalue weighted by Crippen LogP contribution is -1.97. The van der Waals surface area contributed by atoms with Gasteiger partial charge in [0.15, 0.2) is 0 Å². The molecule has 0 unspecified atom stereocenters. The lowest BCUT2D eigenvalue weighted by Gasteiger charge is -2.21. The van der Waals surface area contributed by atoms with Gasteiger partial charge in [-0.3, -0.25) is 0 Å². The number of aromatic nitrogens is 1. The third kappa shape index (κ3) is 3.78. The van der Waals surface area contributed by atoms with Gasteiger partial charge in [-0.1, -0.05) is 152 Å². The van der Waals surface area contributed by atoms with E-state index in [0.717, 1.165) is 0 Å². The Balaban J connectivity index is 1.50. The highest BCUT2D eigenvalue weighted by atomic mass is 15.0. The number of fused-ring (bicyclic) bond motifs is 4. The van der Waals surface area contributed by atoms with Crippen LogP contribution in [0.25, 0.3) is 93.2 Å². The van der Waals surface area contributed by atoms with E-state index in [1.165, 1.54) is 93.2 Å². The van der Waals surface area contributed by atoms with Crippen LogP contribution in [0.4, 0.5) is 0 Å². The van der Waals surface area contributed by atoms with Crippen molar-refractivity contribution >= 4 is 54.1 Å². The molecule has 0 aliphatic heterocycles. The summed E-state index contributed by atoms with van der Waals surface area (Å²) in [7, 11) is 0. The fourth-order valence-corrected chi connectivity index (χ4v) is 8.00. The summed E-state index contributed by atoms with van der Waals surface area (Å²) >= 11 is 0. The molecule has 9 aromatic carbocycles. The molecule has 0 N–H and O–H groups in total. The fraction of sp³-hybridized carbons (Fsp3) is 0. The van der Waals surface area contributed by atoms with Gasteiger partial charge < -0.3 is 4.57 Å². The predicted molar refractivity (Wildman–Crippen MR) is 201 cm³/mol. The van der Waals surface area contributed by atoms with Crippen LogP contribution in [0, 0.1) is 0 Å². The van der Waals surface area contributed by atoms with Crippen LogP contribution in [0.3, 0.4) is 0 Å². The molecule has 0 saturated carbocycles. The number of benzene rings is 9. The van der Waals surface area contributed by atoms with E-state index in [1.807, 2.05) is 0 Å². The molecule has 1 aromatic heterocycles. The maximum absolute atomic E-state index is 2.49. The van der Waals surface area contributed by atoms with E-state index in [-0.39, 0.29) is 0 Å². The van der Waals surface area contributed by atoms with Gasteiger partial charge in [-0.25, -0.2) is 0 Å². The van der Waals surface area contributed by atoms with Gasteiger partial charge >= 0.3 is 0 Å². The van der Waals surface area contributed by atoms with Crippen molar-refractivity contribution in [2.45, 2.75) is 0 Å². The standard InChI is InChI=1S/C46H29N/c1-5-15-30(16-6-1)39-29-40(31-17-7-2-8-18-31)35-26-28-38-44-37(27-25-34(39)43(35)44)42(32-19-9-3-10-20-32)45-36-23-13-14-24-41(36)47(46(38)45)33-21-11-4-12-22-33/h1-29H. The van der Waals surface area contributed by atoms with Crippen LogP contribution in [0.15, 0.2) is 176 Å². The number of nitrogens with zero attached hydrogens (tertiary/aromatic N) is 1. The maximum atomic E-state index is 2.49. The molecule has 0 bridgehead atoms. The Kier molecular flexibility index (Phi) is 5.64. The summed E-state index contributed by atoms with van der Waals surface area (Å²) in [6.07, 6.45) is 0. The van der Waals surface area contributed by atoms with Crippen molar-refractivity contribution in [1.29, 1.82) is 0 Å². The number of rotatable bonds is 4. The van der Waals surface area contributed by atoms with E-state index in [2.05, 4.69) is 180 Å². The molecular formula is C46H29N. The van der Waals surface area contributed by atoms with Crippen LogP contribution in [0.2, 0.25) is 0 Å². The van der Waals surface area contributed by atoms with Gasteiger partial charge in [0.2, 0.25) is 0 Å². The molecule has 47 heavy (non-hydrogen) atoms. The zero-order valence-electron chi connectivity index (χ0n) is 25.7. The topological polar surface area (TPSA) is 4.93 Å². The minimum absolute atomic E-state index is 1.17. The molecule has 0 aliphatic rings. The Morgan fingerprint density at radius 1 is 0.319 bits per heavy atom. The minimum Gasteiger partial charge on any atom is -0.309 e. The van der Waals surface area contributed by atoms with Gasteiger partial charge in [-0.05, 0) is 79.2 Å². The van der Waals surface area contributed by atoms with E-state index in [1.54, 1.807) is 0 Å². The van der Waals surface area contributed by atoms with Gasteiger partial charge in [0.05, 0.1) is 11.0 Å². The van der Waals surface area contributed by atoms with E-state index < -0.39 is 0 Å². The second-order valence-corrected chi connectivity index (χ2v) is 12.4. The van der Waals surface area contributed by atoms with Crippen molar-refractivity contribution in [2.24, 2.45) is 0 Å². The highest BCUT2D eigenvalue weighted by Crippen LogP contribution is 2.51. The second-order valence-electron chi connectivity index (χ2n) is 12.4. The molecule has 0 spiro atoms. The molecule has 0 amide bonds. The Morgan fingerprint density at radius 2 is 0.787 bits per heavy atom. The summed E-state index contributed by atoms with van der Waals surface area (Å²) in [6.45, 7) is 0. The zero-order chi connectivity index (χ0) is 30.9. The van der Waals surface area contributed by atoms with E-state index in [4.69, 9.17) is 0 Å². The SMILES string of the molecule is c1ccc(-c2cc(-c3ccccc3)c3ccc4c5c(ccc2c35)c(-c2ccccc2)c2c3ccccc3n(-c3ccccc3)c42)cc1. The van der Waals surface area contributed by atoms with E-state index in [9.17, 15) is 0 Å². The van der Waals surface area contributed by atoms with Crippen molar-refractivity contribution in [3.05, 3.63) is 176 Å². The van der Waals surface area contributed by atoms with Crippen molar-refractivity contribution in [3.8, 4) is 39.1 Å². The van der Waals surface area contributed by atoms with Crippen molar-refractivity contribution in [1.82, 2.24) is 4.57 Å². The number of hydrogen-bond acceptors (Lipinski definition) is 0. The van der Waals surface area contributed by atoms with Gasteiger partial charge in [-0.15, -0.1) is 0 Å². The van der Waals surface area contributed by atoms with E-state index >= 15 is 0 Å². The summed E-state index contributed by atoms with van der Waals surface area (Å²) in [6, 6.07) is 64.4. The first-order valence-corrected chi connectivity index (χ1v) is 16.3. The Morgan fingerprint density at radius 3 is 1.40 bits per heavy atom. The van der Waals surface area contributed by atoms with Gasteiger partial charge in [0.1, 0.15) is 0 Å². The Hall–Kier alpha value is -6.18. The quantitative estimate of drug-likeness (QED) is 0.178. The van der Waals surface area contributed by atoms with Gasteiger partial charge in [0.25, 0.3) is 0 Å². The lowest BCUT2D eigenvalue weighted by atomic mass is 9.82. The number of para-hydroxylation sites is 2. The molecule has 0 atom stereocenters. The first-order chi connectivity index (χ1) is 23.4. The largest absolute Gasteiger partial charge is 0.309 e.